The second-order valence-corrected chi connectivity index (χ2v) is 10.1. The molecule has 1 atom stereocenters. The SMILES string of the molecule is CCNC(=NCC1(N2CCCCC2)CCN(C)CC1)N1CCN(C(=O)C2CCCO2)CC1.I. The van der Waals surface area contributed by atoms with Gasteiger partial charge < -0.3 is 24.8 Å². The number of carbonyl (C=O) groups is 1. The summed E-state index contributed by atoms with van der Waals surface area (Å²) in [4.78, 5) is 27.5. The van der Waals surface area contributed by atoms with Gasteiger partial charge in [-0.1, -0.05) is 6.42 Å². The van der Waals surface area contributed by atoms with Gasteiger partial charge in [0.15, 0.2) is 5.96 Å². The molecule has 0 aromatic heterocycles. The molecule has 4 aliphatic heterocycles. The number of rotatable bonds is 5. The minimum absolute atomic E-state index is 0. The van der Waals surface area contributed by atoms with Crippen LogP contribution >= 0.6 is 24.0 Å². The molecule has 33 heavy (non-hydrogen) atoms. The number of hydrogen-bond acceptors (Lipinski definition) is 5. The van der Waals surface area contributed by atoms with Gasteiger partial charge in [0, 0.05) is 44.9 Å². The smallest absolute Gasteiger partial charge is 0.251 e. The van der Waals surface area contributed by atoms with E-state index in [1.165, 1.54) is 45.2 Å². The maximum atomic E-state index is 12.7. The molecule has 9 heteroatoms. The Morgan fingerprint density at radius 1 is 0.970 bits per heavy atom. The third-order valence-electron chi connectivity index (χ3n) is 7.90. The third-order valence-corrected chi connectivity index (χ3v) is 7.90. The van der Waals surface area contributed by atoms with Crippen molar-refractivity contribution in [3.63, 3.8) is 0 Å². The number of ether oxygens (including phenoxy) is 1. The first-order valence-corrected chi connectivity index (χ1v) is 13.0. The number of halogens is 1. The molecule has 4 fully saturated rings. The minimum Gasteiger partial charge on any atom is -0.368 e. The molecule has 4 aliphatic rings. The topological polar surface area (TPSA) is 63.7 Å². The first-order valence-electron chi connectivity index (χ1n) is 13.0. The van der Waals surface area contributed by atoms with Gasteiger partial charge in [-0.3, -0.25) is 14.7 Å². The fraction of sp³-hybridized carbons (Fsp3) is 0.917. The second-order valence-electron chi connectivity index (χ2n) is 10.1. The lowest BCUT2D eigenvalue weighted by molar-refractivity contribution is -0.142. The lowest BCUT2D eigenvalue weighted by Crippen LogP contribution is -2.59. The number of likely N-dealkylation sites (tertiary alicyclic amines) is 2. The van der Waals surface area contributed by atoms with Crippen LogP contribution in [0, 0.1) is 0 Å². The Balaban J connectivity index is 0.00000306. The zero-order valence-corrected chi connectivity index (χ0v) is 23.1. The van der Waals surface area contributed by atoms with Crippen molar-refractivity contribution in [3.8, 4) is 0 Å². The Hall–Kier alpha value is -0.650. The van der Waals surface area contributed by atoms with Gasteiger partial charge in [0.2, 0.25) is 0 Å². The van der Waals surface area contributed by atoms with Gasteiger partial charge in [-0.05, 0) is 78.7 Å². The van der Waals surface area contributed by atoms with E-state index >= 15 is 0 Å². The molecule has 0 bridgehead atoms. The van der Waals surface area contributed by atoms with E-state index in [2.05, 4.69) is 34.0 Å². The first kappa shape index (κ1) is 26.9. The van der Waals surface area contributed by atoms with E-state index in [0.29, 0.717) is 0 Å². The fourth-order valence-electron chi connectivity index (χ4n) is 5.74. The zero-order chi connectivity index (χ0) is 22.4. The van der Waals surface area contributed by atoms with Crippen LogP contribution in [0.25, 0.3) is 0 Å². The molecule has 8 nitrogen and oxygen atoms in total. The van der Waals surface area contributed by atoms with Crippen LogP contribution in [0.15, 0.2) is 4.99 Å². The second kappa shape index (κ2) is 12.9. The average molecular weight is 577 g/mol. The van der Waals surface area contributed by atoms with Gasteiger partial charge in [0.05, 0.1) is 6.54 Å². The van der Waals surface area contributed by atoms with Crippen molar-refractivity contribution < 1.29 is 9.53 Å². The molecule has 4 heterocycles. The summed E-state index contributed by atoms with van der Waals surface area (Å²) in [5.41, 5.74) is 0.200. The van der Waals surface area contributed by atoms with Gasteiger partial charge in [0.1, 0.15) is 6.10 Å². The minimum atomic E-state index is -0.211. The van der Waals surface area contributed by atoms with Crippen LogP contribution in [0.4, 0.5) is 0 Å². The monoisotopic (exact) mass is 576 g/mol. The van der Waals surface area contributed by atoms with Crippen molar-refractivity contribution in [3.05, 3.63) is 0 Å². The highest BCUT2D eigenvalue weighted by Gasteiger charge is 2.40. The summed E-state index contributed by atoms with van der Waals surface area (Å²) in [6.45, 7) is 12.6. The Morgan fingerprint density at radius 3 is 2.24 bits per heavy atom. The van der Waals surface area contributed by atoms with Crippen LogP contribution < -0.4 is 5.32 Å². The van der Waals surface area contributed by atoms with Crippen LogP contribution in [0.5, 0.6) is 0 Å². The van der Waals surface area contributed by atoms with Crippen molar-refractivity contribution in [2.45, 2.75) is 63.5 Å². The molecule has 0 aromatic carbocycles. The van der Waals surface area contributed by atoms with Crippen LogP contribution in [-0.2, 0) is 9.53 Å². The summed E-state index contributed by atoms with van der Waals surface area (Å²) in [5.74, 6) is 1.20. The molecule has 0 saturated carbocycles. The Labute approximate surface area is 217 Å². The maximum absolute atomic E-state index is 12.7. The Morgan fingerprint density at radius 2 is 1.64 bits per heavy atom. The van der Waals surface area contributed by atoms with E-state index < -0.39 is 0 Å². The zero-order valence-electron chi connectivity index (χ0n) is 20.8. The van der Waals surface area contributed by atoms with Crippen molar-refractivity contribution in [2.75, 3.05) is 79.1 Å². The molecule has 1 N–H and O–H groups in total. The predicted octanol–water partition coefficient (Wildman–Crippen LogP) is 1.84. The van der Waals surface area contributed by atoms with Gasteiger partial charge in [0.25, 0.3) is 5.91 Å². The molecule has 1 unspecified atom stereocenters. The number of nitrogens with zero attached hydrogens (tertiary/aromatic N) is 5. The highest BCUT2D eigenvalue weighted by molar-refractivity contribution is 14.0. The van der Waals surface area contributed by atoms with Crippen molar-refractivity contribution in [1.29, 1.82) is 0 Å². The summed E-state index contributed by atoms with van der Waals surface area (Å²) in [6.07, 6.45) is 8.08. The molecule has 0 spiro atoms. The van der Waals surface area contributed by atoms with Gasteiger partial charge in [-0.25, -0.2) is 0 Å². The number of nitrogens with one attached hydrogen (secondary N) is 1. The van der Waals surface area contributed by atoms with E-state index in [4.69, 9.17) is 9.73 Å². The summed E-state index contributed by atoms with van der Waals surface area (Å²) in [6, 6.07) is 0. The van der Waals surface area contributed by atoms with E-state index in [1.807, 2.05) is 4.90 Å². The summed E-state index contributed by atoms with van der Waals surface area (Å²) >= 11 is 0. The lowest BCUT2D eigenvalue weighted by atomic mass is 9.84. The normalized spacial score (nSPS) is 27.3. The standard InChI is InChI=1S/C24H44N6O2.HI/c1-3-25-23(29-17-15-28(16-18-29)22(31)21-8-7-19-32-21)26-20-24(9-13-27(2)14-10-24)30-11-5-4-6-12-30;/h21H,3-20H2,1-2H3,(H,25,26);1H. The number of hydrogen-bond donors (Lipinski definition) is 1. The van der Waals surface area contributed by atoms with E-state index in [-0.39, 0.29) is 41.5 Å². The number of aliphatic imine (C=N–C) groups is 1. The molecule has 4 rings (SSSR count). The van der Waals surface area contributed by atoms with Crippen LogP contribution in [-0.4, -0.2) is 122 Å². The largest absolute Gasteiger partial charge is 0.368 e. The molecule has 0 aliphatic carbocycles. The van der Waals surface area contributed by atoms with Crippen molar-refractivity contribution in [1.82, 2.24) is 24.9 Å². The van der Waals surface area contributed by atoms with Crippen molar-refractivity contribution >= 4 is 35.8 Å². The molecule has 0 aromatic rings. The predicted molar refractivity (Wildman–Crippen MR) is 143 cm³/mol. The van der Waals surface area contributed by atoms with Crippen LogP contribution in [0.3, 0.4) is 0 Å². The van der Waals surface area contributed by atoms with Crippen LogP contribution in [0.2, 0.25) is 0 Å². The fourth-order valence-corrected chi connectivity index (χ4v) is 5.74. The summed E-state index contributed by atoms with van der Waals surface area (Å²) < 4.78 is 5.61. The number of carbonyl (C=O) groups excluding carboxylic acids is 1. The van der Waals surface area contributed by atoms with E-state index in [0.717, 1.165) is 77.8 Å². The highest BCUT2D eigenvalue weighted by atomic mass is 127. The highest BCUT2D eigenvalue weighted by Crippen LogP contribution is 2.32. The molecule has 190 valence electrons. The van der Waals surface area contributed by atoms with Gasteiger partial charge in [-0.2, -0.15) is 0 Å². The van der Waals surface area contributed by atoms with E-state index in [9.17, 15) is 4.79 Å². The first-order chi connectivity index (χ1) is 15.6. The van der Waals surface area contributed by atoms with Gasteiger partial charge in [-0.15, -0.1) is 24.0 Å². The number of piperidine rings is 2. The van der Waals surface area contributed by atoms with Crippen molar-refractivity contribution in [2.24, 2.45) is 4.99 Å². The molecule has 1 amide bonds. The third kappa shape index (κ3) is 6.73. The molecule has 4 saturated heterocycles. The maximum Gasteiger partial charge on any atom is 0.251 e. The lowest BCUT2D eigenvalue weighted by Gasteiger charge is -2.49. The van der Waals surface area contributed by atoms with Crippen LogP contribution in [0.1, 0.15) is 51.9 Å². The Bertz CT molecular complexity index is 635. The number of guanidine groups is 1. The van der Waals surface area contributed by atoms with E-state index in [1.54, 1.807) is 0 Å². The average Bonchev–Trinajstić information content (AvgIpc) is 3.38. The summed E-state index contributed by atoms with van der Waals surface area (Å²) in [7, 11) is 2.24. The number of piperazine rings is 1. The summed E-state index contributed by atoms with van der Waals surface area (Å²) in [5, 5.41) is 3.54. The quantitative estimate of drug-likeness (QED) is 0.306. The molecular weight excluding hydrogens is 531 g/mol. The number of amides is 1. The molecule has 0 radical (unpaired) electrons. The van der Waals surface area contributed by atoms with Gasteiger partial charge >= 0.3 is 0 Å². The Kier molecular flexibility index (Phi) is 10.5. The molecular formula is C24H45IN6O2.